The van der Waals surface area contributed by atoms with E-state index in [0.717, 1.165) is 23.5 Å². The van der Waals surface area contributed by atoms with Gasteiger partial charge in [0.25, 0.3) is 0 Å². The molecule has 0 heterocycles. The SMILES string of the molecule is Cc1ccccc1OCCN(C)C(=O)/C=C/C(=O)O. The topological polar surface area (TPSA) is 66.8 Å². The van der Waals surface area contributed by atoms with Gasteiger partial charge in [-0.25, -0.2) is 4.79 Å². The highest BCUT2D eigenvalue weighted by atomic mass is 16.5. The molecule has 102 valence electrons. The lowest BCUT2D eigenvalue weighted by atomic mass is 10.2. The van der Waals surface area contributed by atoms with Crippen LogP contribution in [0.15, 0.2) is 36.4 Å². The van der Waals surface area contributed by atoms with Crippen LogP contribution in [0.25, 0.3) is 0 Å². The number of nitrogens with zero attached hydrogens (tertiary/aromatic N) is 1. The van der Waals surface area contributed by atoms with Gasteiger partial charge >= 0.3 is 5.97 Å². The van der Waals surface area contributed by atoms with Crippen LogP contribution in [0.4, 0.5) is 0 Å². The molecule has 0 aliphatic carbocycles. The van der Waals surface area contributed by atoms with E-state index < -0.39 is 5.97 Å². The van der Waals surface area contributed by atoms with Crippen LogP contribution in [0.1, 0.15) is 5.56 Å². The van der Waals surface area contributed by atoms with Crippen molar-refractivity contribution in [3.8, 4) is 5.75 Å². The van der Waals surface area contributed by atoms with E-state index in [-0.39, 0.29) is 5.91 Å². The van der Waals surface area contributed by atoms with Crippen molar-refractivity contribution >= 4 is 11.9 Å². The summed E-state index contributed by atoms with van der Waals surface area (Å²) in [6.45, 7) is 2.69. The summed E-state index contributed by atoms with van der Waals surface area (Å²) in [6.07, 6.45) is 1.84. The van der Waals surface area contributed by atoms with E-state index in [1.165, 1.54) is 4.90 Å². The average Bonchev–Trinajstić information content (AvgIpc) is 2.38. The lowest BCUT2D eigenvalue weighted by Crippen LogP contribution is -2.29. The van der Waals surface area contributed by atoms with Gasteiger partial charge in [-0.3, -0.25) is 4.79 Å². The molecule has 0 aliphatic heterocycles. The van der Waals surface area contributed by atoms with Gasteiger partial charge in [-0.15, -0.1) is 0 Å². The molecule has 19 heavy (non-hydrogen) atoms. The smallest absolute Gasteiger partial charge is 0.328 e. The fourth-order valence-electron chi connectivity index (χ4n) is 1.39. The largest absolute Gasteiger partial charge is 0.491 e. The van der Waals surface area contributed by atoms with E-state index in [9.17, 15) is 9.59 Å². The molecule has 0 aliphatic rings. The van der Waals surface area contributed by atoms with Gasteiger partial charge < -0.3 is 14.7 Å². The van der Waals surface area contributed by atoms with Crippen molar-refractivity contribution in [1.29, 1.82) is 0 Å². The Morgan fingerprint density at radius 1 is 1.32 bits per heavy atom. The van der Waals surface area contributed by atoms with Crippen molar-refractivity contribution in [3.05, 3.63) is 42.0 Å². The first kappa shape index (κ1) is 14.8. The summed E-state index contributed by atoms with van der Waals surface area (Å²) in [5.74, 6) is -0.724. The summed E-state index contributed by atoms with van der Waals surface area (Å²) in [4.78, 5) is 23.2. The number of benzene rings is 1. The molecule has 0 fully saturated rings. The Hall–Kier alpha value is -2.30. The molecule has 5 heteroatoms. The second-order valence-corrected chi connectivity index (χ2v) is 4.05. The summed E-state index contributed by atoms with van der Waals surface area (Å²) < 4.78 is 5.55. The third-order valence-corrected chi connectivity index (χ3v) is 2.52. The Bertz CT molecular complexity index is 482. The van der Waals surface area contributed by atoms with Crippen LogP contribution in [-0.4, -0.2) is 42.1 Å². The normalized spacial score (nSPS) is 10.4. The number of aliphatic carboxylic acids is 1. The molecule has 0 saturated heterocycles. The monoisotopic (exact) mass is 263 g/mol. The maximum Gasteiger partial charge on any atom is 0.328 e. The quantitative estimate of drug-likeness (QED) is 0.789. The summed E-state index contributed by atoms with van der Waals surface area (Å²) in [7, 11) is 1.59. The number of rotatable bonds is 6. The minimum Gasteiger partial charge on any atom is -0.491 e. The first-order chi connectivity index (χ1) is 9.00. The fourth-order valence-corrected chi connectivity index (χ4v) is 1.39. The van der Waals surface area contributed by atoms with E-state index in [0.29, 0.717) is 13.2 Å². The molecule has 0 aromatic heterocycles. The minimum absolute atomic E-state index is 0.355. The van der Waals surface area contributed by atoms with Crippen LogP contribution in [0.2, 0.25) is 0 Å². The van der Waals surface area contributed by atoms with Crippen molar-refractivity contribution in [2.24, 2.45) is 0 Å². The molecule has 1 rings (SSSR count). The van der Waals surface area contributed by atoms with Crippen molar-refractivity contribution in [2.45, 2.75) is 6.92 Å². The van der Waals surface area contributed by atoms with Crippen LogP contribution in [0.3, 0.4) is 0 Å². The molecular weight excluding hydrogens is 246 g/mol. The summed E-state index contributed by atoms with van der Waals surface area (Å²) in [5, 5.41) is 8.42. The second kappa shape index (κ2) is 7.20. The highest BCUT2D eigenvalue weighted by molar-refractivity contribution is 5.93. The third kappa shape index (κ3) is 5.25. The molecule has 0 unspecified atom stereocenters. The number of carbonyl (C=O) groups is 2. The second-order valence-electron chi connectivity index (χ2n) is 4.05. The fraction of sp³-hybridized carbons (Fsp3) is 0.286. The number of carbonyl (C=O) groups excluding carboxylic acids is 1. The maximum absolute atomic E-state index is 11.5. The third-order valence-electron chi connectivity index (χ3n) is 2.52. The predicted molar refractivity (Wildman–Crippen MR) is 71.1 cm³/mol. The standard InChI is InChI=1S/C14H17NO4/c1-11-5-3-4-6-12(11)19-10-9-15(2)13(16)7-8-14(17)18/h3-8H,9-10H2,1-2H3,(H,17,18)/b8-7+. The van der Waals surface area contributed by atoms with Crippen molar-refractivity contribution in [1.82, 2.24) is 4.90 Å². The summed E-state index contributed by atoms with van der Waals surface area (Å²) in [6, 6.07) is 7.61. The highest BCUT2D eigenvalue weighted by Gasteiger charge is 2.06. The molecule has 0 atom stereocenters. The van der Waals surface area contributed by atoms with Gasteiger partial charge in [0.2, 0.25) is 5.91 Å². The maximum atomic E-state index is 11.5. The van der Waals surface area contributed by atoms with Crippen LogP contribution in [0.5, 0.6) is 5.75 Å². The van der Waals surface area contributed by atoms with E-state index in [4.69, 9.17) is 9.84 Å². The molecule has 0 saturated carbocycles. The molecule has 5 nitrogen and oxygen atoms in total. The average molecular weight is 263 g/mol. The highest BCUT2D eigenvalue weighted by Crippen LogP contribution is 2.15. The van der Waals surface area contributed by atoms with Gasteiger partial charge in [0.05, 0.1) is 6.54 Å². The number of aryl methyl sites for hydroxylation is 1. The zero-order chi connectivity index (χ0) is 14.3. The van der Waals surface area contributed by atoms with Gasteiger partial charge in [-0.05, 0) is 18.6 Å². The number of carboxylic acids is 1. The van der Waals surface area contributed by atoms with Gasteiger partial charge in [-0.2, -0.15) is 0 Å². The molecule has 1 aromatic carbocycles. The molecule has 1 N–H and O–H groups in total. The zero-order valence-electron chi connectivity index (χ0n) is 11.0. The number of hydrogen-bond acceptors (Lipinski definition) is 3. The predicted octanol–water partition coefficient (Wildman–Crippen LogP) is 1.47. The molecular formula is C14H17NO4. The molecule has 0 spiro atoms. The molecule has 1 aromatic rings. The first-order valence-electron chi connectivity index (χ1n) is 5.85. The van der Waals surface area contributed by atoms with Gasteiger partial charge in [0, 0.05) is 19.2 Å². The Morgan fingerprint density at radius 3 is 2.63 bits per heavy atom. The number of para-hydroxylation sites is 1. The van der Waals surface area contributed by atoms with E-state index in [2.05, 4.69) is 0 Å². The van der Waals surface area contributed by atoms with E-state index in [1.807, 2.05) is 31.2 Å². The van der Waals surface area contributed by atoms with Crippen LogP contribution in [-0.2, 0) is 9.59 Å². The minimum atomic E-state index is -1.14. The van der Waals surface area contributed by atoms with Crippen LogP contribution >= 0.6 is 0 Å². The van der Waals surface area contributed by atoms with E-state index >= 15 is 0 Å². The number of carboxylic acid groups (broad SMARTS) is 1. The van der Waals surface area contributed by atoms with Gasteiger partial charge in [0.1, 0.15) is 12.4 Å². The number of amides is 1. The van der Waals surface area contributed by atoms with Crippen molar-refractivity contribution in [3.63, 3.8) is 0 Å². The molecule has 1 amide bonds. The Kier molecular flexibility index (Phi) is 5.60. The lowest BCUT2D eigenvalue weighted by Gasteiger charge is -2.16. The number of hydrogen-bond donors (Lipinski definition) is 1. The van der Waals surface area contributed by atoms with Crippen molar-refractivity contribution in [2.75, 3.05) is 20.2 Å². The molecule has 0 bridgehead atoms. The zero-order valence-corrected chi connectivity index (χ0v) is 11.0. The Morgan fingerprint density at radius 2 is 2.00 bits per heavy atom. The Balaban J connectivity index is 2.39. The van der Waals surface area contributed by atoms with Crippen LogP contribution in [0, 0.1) is 6.92 Å². The molecule has 0 radical (unpaired) electrons. The Labute approximate surface area is 112 Å². The van der Waals surface area contributed by atoms with E-state index in [1.54, 1.807) is 7.05 Å². The van der Waals surface area contributed by atoms with Gasteiger partial charge in [0.15, 0.2) is 0 Å². The van der Waals surface area contributed by atoms with Crippen LogP contribution < -0.4 is 4.74 Å². The first-order valence-corrected chi connectivity index (χ1v) is 5.85. The van der Waals surface area contributed by atoms with Crippen molar-refractivity contribution < 1.29 is 19.4 Å². The van der Waals surface area contributed by atoms with Gasteiger partial charge in [-0.1, -0.05) is 18.2 Å². The summed E-state index contributed by atoms with van der Waals surface area (Å²) in [5.41, 5.74) is 1.03. The number of ether oxygens (including phenoxy) is 1. The summed E-state index contributed by atoms with van der Waals surface area (Å²) >= 11 is 0. The lowest BCUT2D eigenvalue weighted by molar-refractivity contribution is -0.132. The number of likely N-dealkylation sites (N-methyl/N-ethyl adjacent to an activating group) is 1.